The summed E-state index contributed by atoms with van der Waals surface area (Å²) in [5.41, 5.74) is -3.41. The summed E-state index contributed by atoms with van der Waals surface area (Å²) in [6.07, 6.45) is -5.00. The van der Waals surface area contributed by atoms with E-state index < -0.39 is 17.7 Å². The van der Waals surface area contributed by atoms with E-state index in [-0.39, 0.29) is 6.61 Å². The Bertz CT molecular complexity index is 173. The molecule has 0 saturated carbocycles. The summed E-state index contributed by atoms with van der Waals surface area (Å²) < 4.78 is 39.6. The molecule has 0 rings (SSSR count). The van der Waals surface area contributed by atoms with Crippen molar-refractivity contribution < 1.29 is 27.8 Å². The van der Waals surface area contributed by atoms with E-state index in [9.17, 15) is 18.0 Å². The molecule has 0 amide bonds. The molecule has 6 heteroatoms. The third-order valence-corrected chi connectivity index (χ3v) is 1.22. The summed E-state index contributed by atoms with van der Waals surface area (Å²) in [6, 6.07) is 0. The number of hydrogen-bond donors (Lipinski definition) is 1. The Balaban J connectivity index is 4.50. The molecule has 3 nitrogen and oxygen atoms in total. The fourth-order valence-electron chi connectivity index (χ4n) is 0.387. The van der Waals surface area contributed by atoms with Gasteiger partial charge in [-0.25, -0.2) is 4.79 Å². The van der Waals surface area contributed by atoms with E-state index in [1.807, 2.05) is 0 Å². The van der Waals surface area contributed by atoms with Gasteiger partial charge < -0.3 is 9.84 Å². The van der Waals surface area contributed by atoms with Crippen molar-refractivity contribution in [1.29, 1.82) is 0 Å². The highest BCUT2D eigenvalue weighted by atomic mass is 19.4. The van der Waals surface area contributed by atoms with Gasteiger partial charge in [0, 0.05) is 0 Å². The lowest BCUT2D eigenvalue weighted by Gasteiger charge is -2.23. The van der Waals surface area contributed by atoms with Crippen LogP contribution in [0.15, 0.2) is 0 Å². The number of alkyl halides is 3. The van der Waals surface area contributed by atoms with E-state index in [2.05, 4.69) is 4.74 Å². The minimum Gasteiger partial charge on any atom is -0.464 e. The molecule has 0 aromatic carbocycles. The first-order valence-electron chi connectivity index (χ1n) is 3.19. The molecule has 0 fully saturated rings. The highest BCUT2D eigenvalue weighted by Gasteiger charge is 2.57. The van der Waals surface area contributed by atoms with Crippen LogP contribution in [-0.2, 0) is 9.53 Å². The van der Waals surface area contributed by atoms with Crippen molar-refractivity contribution in [2.45, 2.75) is 25.6 Å². The molecule has 72 valence electrons. The van der Waals surface area contributed by atoms with Crippen LogP contribution in [0.5, 0.6) is 0 Å². The number of ether oxygens (including phenoxy) is 1. The number of carbonyl (C=O) groups is 1. The SMILES string of the molecule is CCOC(=O)C(C)(O)C(F)(F)F. The lowest BCUT2D eigenvalue weighted by molar-refractivity contribution is -0.256. The number of hydrogen-bond acceptors (Lipinski definition) is 3. The highest BCUT2D eigenvalue weighted by Crippen LogP contribution is 2.30. The monoisotopic (exact) mass is 186 g/mol. The van der Waals surface area contributed by atoms with E-state index in [1.165, 1.54) is 6.92 Å². The molecule has 0 aliphatic heterocycles. The van der Waals surface area contributed by atoms with Gasteiger partial charge in [-0.05, 0) is 13.8 Å². The summed E-state index contributed by atoms with van der Waals surface area (Å²) in [5.74, 6) is -1.68. The van der Waals surface area contributed by atoms with Crippen molar-refractivity contribution in [3.8, 4) is 0 Å². The van der Waals surface area contributed by atoms with Gasteiger partial charge in [0.1, 0.15) is 0 Å². The van der Waals surface area contributed by atoms with Crippen LogP contribution in [0.3, 0.4) is 0 Å². The van der Waals surface area contributed by atoms with Crippen molar-refractivity contribution in [2.24, 2.45) is 0 Å². The molecule has 0 heterocycles. The predicted octanol–water partition coefficient (Wildman–Crippen LogP) is 0.863. The molecule has 0 aliphatic rings. The maximum Gasteiger partial charge on any atom is 0.427 e. The summed E-state index contributed by atoms with van der Waals surface area (Å²) in [5, 5.41) is 8.65. The molecule has 0 aliphatic carbocycles. The summed E-state index contributed by atoms with van der Waals surface area (Å²) in [4.78, 5) is 10.5. The van der Waals surface area contributed by atoms with Crippen LogP contribution < -0.4 is 0 Å². The van der Waals surface area contributed by atoms with Crippen molar-refractivity contribution in [3.63, 3.8) is 0 Å². The first kappa shape index (κ1) is 11.2. The molecule has 0 saturated heterocycles. The Morgan fingerprint density at radius 1 is 1.50 bits per heavy atom. The van der Waals surface area contributed by atoms with Gasteiger partial charge in [0.2, 0.25) is 0 Å². The van der Waals surface area contributed by atoms with Crippen molar-refractivity contribution in [1.82, 2.24) is 0 Å². The van der Waals surface area contributed by atoms with Crippen LogP contribution in [0.2, 0.25) is 0 Å². The normalized spacial score (nSPS) is 16.8. The van der Waals surface area contributed by atoms with E-state index in [4.69, 9.17) is 5.11 Å². The minimum absolute atomic E-state index is 0.203. The average molecular weight is 186 g/mol. The van der Waals surface area contributed by atoms with Gasteiger partial charge in [-0.2, -0.15) is 13.2 Å². The van der Waals surface area contributed by atoms with Crippen molar-refractivity contribution in [3.05, 3.63) is 0 Å². The maximum absolute atomic E-state index is 11.9. The summed E-state index contributed by atoms with van der Waals surface area (Å²) in [6.45, 7) is 1.50. The Morgan fingerprint density at radius 2 is 1.92 bits per heavy atom. The van der Waals surface area contributed by atoms with Gasteiger partial charge in [-0.1, -0.05) is 0 Å². The number of halogens is 3. The standard InChI is InChI=1S/C6H9F3O3/c1-3-12-4(10)5(2,11)6(7,8)9/h11H,3H2,1-2H3. The van der Waals surface area contributed by atoms with Crippen molar-refractivity contribution in [2.75, 3.05) is 6.61 Å². The van der Waals surface area contributed by atoms with Gasteiger partial charge in [0.05, 0.1) is 6.61 Å². The van der Waals surface area contributed by atoms with Gasteiger partial charge in [0.25, 0.3) is 5.60 Å². The smallest absolute Gasteiger partial charge is 0.427 e. The molecule has 1 unspecified atom stereocenters. The predicted molar refractivity (Wildman–Crippen MR) is 33.3 cm³/mol. The third-order valence-electron chi connectivity index (χ3n) is 1.22. The summed E-state index contributed by atoms with van der Waals surface area (Å²) in [7, 11) is 0. The molecule has 12 heavy (non-hydrogen) atoms. The molecule has 0 spiro atoms. The Hall–Kier alpha value is -0.780. The molecule has 0 aromatic rings. The summed E-state index contributed by atoms with van der Waals surface area (Å²) >= 11 is 0. The molecular weight excluding hydrogens is 177 g/mol. The zero-order chi connectivity index (χ0) is 9.99. The van der Waals surface area contributed by atoms with E-state index in [1.54, 1.807) is 0 Å². The Kier molecular flexibility index (Phi) is 3.09. The van der Waals surface area contributed by atoms with Gasteiger partial charge in [-0.15, -0.1) is 0 Å². The largest absolute Gasteiger partial charge is 0.464 e. The third kappa shape index (κ3) is 2.10. The second kappa shape index (κ2) is 3.30. The zero-order valence-electron chi connectivity index (χ0n) is 6.60. The fourth-order valence-corrected chi connectivity index (χ4v) is 0.387. The number of rotatable bonds is 2. The van der Waals surface area contributed by atoms with Gasteiger partial charge in [0.15, 0.2) is 0 Å². The molecule has 0 bridgehead atoms. The number of esters is 1. The maximum atomic E-state index is 11.9. The lowest BCUT2D eigenvalue weighted by Crippen LogP contribution is -2.50. The lowest BCUT2D eigenvalue weighted by atomic mass is 10.1. The average Bonchev–Trinajstić information content (AvgIpc) is 1.85. The van der Waals surface area contributed by atoms with Gasteiger partial charge >= 0.3 is 12.1 Å². The quantitative estimate of drug-likeness (QED) is 0.650. The second-order valence-electron chi connectivity index (χ2n) is 2.29. The fraction of sp³-hybridized carbons (Fsp3) is 0.833. The Labute approximate surface area is 67.1 Å². The van der Waals surface area contributed by atoms with Crippen molar-refractivity contribution >= 4 is 5.97 Å². The number of aliphatic hydroxyl groups is 1. The molecular formula is C6H9F3O3. The zero-order valence-corrected chi connectivity index (χ0v) is 6.60. The van der Waals surface area contributed by atoms with E-state index >= 15 is 0 Å². The topological polar surface area (TPSA) is 46.5 Å². The Morgan fingerprint density at radius 3 is 2.17 bits per heavy atom. The van der Waals surface area contributed by atoms with Crippen LogP contribution in [0.25, 0.3) is 0 Å². The highest BCUT2D eigenvalue weighted by molar-refractivity contribution is 5.79. The van der Waals surface area contributed by atoms with Crippen LogP contribution in [0.1, 0.15) is 13.8 Å². The van der Waals surface area contributed by atoms with Crippen LogP contribution in [0.4, 0.5) is 13.2 Å². The van der Waals surface area contributed by atoms with Gasteiger partial charge in [-0.3, -0.25) is 0 Å². The molecule has 1 atom stereocenters. The molecule has 1 N–H and O–H groups in total. The minimum atomic E-state index is -5.00. The van der Waals surface area contributed by atoms with E-state index in [0.29, 0.717) is 6.92 Å². The van der Waals surface area contributed by atoms with Crippen LogP contribution in [0, 0.1) is 0 Å². The molecule has 0 aromatic heterocycles. The van der Waals surface area contributed by atoms with Crippen LogP contribution >= 0.6 is 0 Å². The second-order valence-corrected chi connectivity index (χ2v) is 2.29. The first-order chi connectivity index (χ1) is 5.23. The molecule has 0 radical (unpaired) electrons. The number of carbonyl (C=O) groups excluding carboxylic acids is 1. The van der Waals surface area contributed by atoms with E-state index in [0.717, 1.165) is 0 Å². The first-order valence-corrected chi connectivity index (χ1v) is 3.19. The van der Waals surface area contributed by atoms with Crippen LogP contribution in [-0.4, -0.2) is 29.5 Å².